The third-order valence-corrected chi connectivity index (χ3v) is 1.74. The quantitative estimate of drug-likeness (QED) is 0.321. The normalized spacial score (nSPS) is 11.8. The Morgan fingerprint density at radius 2 is 2.00 bits per heavy atom. The Bertz CT molecular complexity index is 306. The van der Waals surface area contributed by atoms with Gasteiger partial charge < -0.3 is 4.74 Å². The molecular formula is C7H13NaO5S. The SMILES string of the molecule is CCCOC(=O)C(C)=CS(=O)(=O)O.[NaH]. The van der Waals surface area contributed by atoms with Crippen LogP contribution in [0.1, 0.15) is 20.3 Å². The van der Waals surface area contributed by atoms with Gasteiger partial charge in [-0.25, -0.2) is 4.79 Å². The fraction of sp³-hybridized carbons (Fsp3) is 0.571. The number of rotatable bonds is 4. The molecule has 5 nitrogen and oxygen atoms in total. The van der Waals surface area contributed by atoms with Crippen LogP contribution >= 0.6 is 0 Å². The van der Waals surface area contributed by atoms with E-state index < -0.39 is 16.1 Å². The molecule has 0 saturated heterocycles. The molecule has 0 aliphatic carbocycles. The molecule has 0 radical (unpaired) electrons. The van der Waals surface area contributed by atoms with Crippen molar-refractivity contribution in [2.45, 2.75) is 20.3 Å². The number of hydrogen-bond acceptors (Lipinski definition) is 4. The number of esters is 1. The Morgan fingerprint density at radius 3 is 2.36 bits per heavy atom. The molecule has 14 heavy (non-hydrogen) atoms. The fourth-order valence-corrected chi connectivity index (χ4v) is 1.12. The van der Waals surface area contributed by atoms with Gasteiger partial charge in [-0.15, -0.1) is 0 Å². The van der Waals surface area contributed by atoms with E-state index in [0.29, 0.717) is 11.8 Å². The minimum atomic E-state index is -4.26. The zero-order valence-electron chi connectivity index (χ0n) is 7.48. The molecule has 1 N–H and O–H groups in total. The molecule has 0 aromatic heterocycles. The summed E-state index contributed by atoms with van der Waals surface area (Å²) in [6.07, 6.45) is 0.658. The van der Waals surface area contributed by atoms with E-state index in [-0.39, 0.29) is 41.7 Å². The maximum atomic E-state index is 10.9. The zero-order valence-corrected chi connectivity index (χ0v) is 8.30. The molecule has 0 unspecified atom stereocenters. The Balaban J connectivity index is 0. The van der Waals surface area contributed by atoms with E-state index in [1.807, 2.05) is 6.92 Å². The molecule has 0 spiro atoms. The van der Waals surface area contributed by atoms with E-state index in [9.17, 15) is 13.2 Å². The first-order valence-corrected chi connectivity index (χ1v) is 5.20. The first kappa shape index (κ1) is 16.5. The van der Waals surface area contributed by atoms with Gasteiger partial charge in [0.25, 0.3) is 10.1 Å². The number of hydrogen-bond donors (Lipinski definition) is 1. The number of carbonyl (C=O) groups is 1. The summed E-state index contributed by atoms with van der Waals surface area (Å²) in [6.45, 7) is 3.30. The third-order valence-electron chi connectivity index (χ3n) is 1.08. The van der Waals surface area contributed by atoms with Gasteiger partial charge in [-0.05, 0) is 13.3 Å². The molecule has 0 bridgehead atoms. The molecule has 7 heteroatoms. The molecule has 0 rings (SSSR count). The summed E-state index contributed by atoms with van der Waals surface area (Å²) in [7, 11) is -4.26. The number of carbonyl (C=O) groups excluding carboxylic acids is 1. The Morgan fingerprint density at radius 1 is 1.50 bits per heavy atom. The van der Waals surface area contributed by atoms with Crippen LogP contribution in [-0.2, 0) is 19.6 Å². The topological polar surface area (TPSA) is 80.7 Å². The molecule has 0 aliphatic heterocycles. The zero-order chi connectivity index (χ0) is 10.5. The molecule has 0 saturated carbocycles. The van der Waals surface area contributed by atoms with Gasteiger partial charge in [0.1, 0.15) is 0 Å². The summed E-state index contributed by atoms with van der Waals surface area (Å²) >= 11 is 0. The van der Waals surface area contributed by atoms with Gasteiger partial charge in [-0.2, -0.15) is 8.42 Å². The summed E-state index contributed by atoms with van der Waals surface area (Å²) in [6, 6.07) is 0. The first-order chi connectivity index (χ1) is 5.87. The van der Waals surface area contributed by atoms with E-state index >= 15 is 0 Å². The Kier molecular flexibility index (Phi) is 8.77. The van der Waals surface area contributed by atoms with Gasteiger partial charge in [0.05, 0.1) is 12.0 Å². The molecule has 0 atom stereocenters. The van der Waals surface area contributed by atoms with Crippen LogP contribution in [0, 0.1) is 0 Å². The van der Waals surface area contributed by atoms with Crippen LogP contribution in [0.25, 0.3) is 0 Å². The van der Waals surface area contributed by atoms with Crippen LogP contribution in [0.3, 0.4) is 0 Å². The van der Waals surface area contributed by atoms with Gasteiger partial charge in [0, 0.05) is 5.57 Å². The van der Waals surface area contributed by atoms with Crippen LogP contribution in [0.4, 0.5) is 0 Å². The predicted octanol–water partition coefficient (Wildman–Crippen LogP) is 0.0827. The van der Waals surface area contributed by atoms with E-state index in [2.05, 4.69) is 4.74 Å². The second kappa shape index (κ2) is 7.42. The average molecular weight is 232 g/mol. The van der Waals surface area contributed by atoms with Crippen LogP contribution in [0.5, 0.6) is 0 Å². The van der Waals surface area contributed by atoms with Crippen molar-refractivity contribution in [1.29, 1.82) is 0 Å². The summed E-state index contributed by atoms with van der Waals surface area (Å²) in [5.41, 5.74) is -0.143. The second-order valence-electron chi connectivity index (χ2n) is 2.45. The van der Waals surface area contributed by atoms with Crippen LogP contribution < -0.4 is 0 Å². The van der Waals surface area contributed by atoms with Crippen molar-refractivity contribution in [3.63, 3.8) is 0 Å². The van der Waals surface area contributed by atoms with E-state index in [4.69, 9.17) is 4.55 Å². The number of ether oxygens (including phenoxy) is 1. The molecule has 0 fully saturated rings. The summed E-state index contributed by atoms with van der Waals surface area (Å²) < 4.78 is 33.5. The van der Waals surface area contributed by atoms with Crippen molar-refractivity contribution < 1.29 is 22.5 Å². The predicted molar refractivity (Wildman–Crippen MR) is 53.7 cm³/mol. The van der Waals surface area contributed by atoms with E-state index in [0.717, 1.165) is 0 Å². The second-order valence-corrected chi connectivity index (χ2v) is 3.72. The van der Waals surface area contributed by atoms with Gasteiger partial charge in [-0.3, -0.25) is 4.55 Å². The van der Waals surface area contributed by atoms with Crippen LogP contribution in [0.2, 0.25) is 0 Å². The molecule has 0 aromatic carbocycles. The molecule has 0 aromatic rings. The van der Waals surface area contributed by atoms with Gasteiger partial charge >= 0.3 is 35.5 Å². The first-order valence-electron chi connectivity index (χ1n) is 3.69. The molecule has 0 amide bonds. The maximum absolute atomic E-state index is 10.9. The molecule has 0 aliphatic rings. The minimum absolute atomic E-state index is 0. The Labute approximate surface area is 106 Å². The van der Waals surface area contributed by atoms with Crippen molar-refractivity contribution >= 4 is 45.6 Å². The van der Waals surface area contributed by atoms with Crippen LogP contribution in [-0.4, -0.2) is 55.1 Å². The summed E-state index contributed by atoms with van der Waals surface area (Å²) in [5.74, 6) is -0.737. The van der Waals surface area contributed by atoms with Gasteiger partial charge in [0.15, 0.2) is 0 Å². The van der Waals surface area contributed by atoms with Crippen LogP contribution in [0.15, 0.2) is 11.0 Å². The fourth-order valence-electron chi connectivity index (χ4n) is 0.580. The third kappa shape index (κ3) is 8.71. The van der Waals surface area contributed by atoms with Gasteiger partial charge in [0.2, 0.25) is 0 Å². The molecule has 0 heterocycles. The van der Waals surface area contributed by atoms with Crippen molar-refractivity contribution in [1.82, 2.24) is 0 Å². The Hall–Kier alpha value is 0.120. The van der Waals surface area contributed by atoms with Crippen molar-refractivity contribution in [2.75, 3.05) is 6.61 Å². The van der Waals surface area contributed by atoms with Crippen molar-refractivity contribution in [3.05, 3.63) is 11.0 Å². The van der Waals surface area contributed by atoms with Crippen molar-refractivity contribution in [2.24, 2.45) is 0 Å². The monoisotopic (exact) mass is 232 g/mol. The van der Waals surface area contributed by atoms with Crippen molar-refractivity contribution in [3.8, 4) is 0 Å². The molecular weight excluding hydrogens is 219 g/mol. The standard InChI is InChI=1S/C7H12O5S.Na.H/c1-3-4-12-7(8)6(2)5-13(9,10)11;;/h5H,3-4H2,1-2H3,(H,9,10,11);;. The van der Waals surface area contributed by atoms with E-state index in [1.165, 1.54) is 6.92 Å². The van der Waals surface area contributed by atoms with Gasteiger partial charge in [-0.1, -0.05) is 6.92 Å². The summed E-state index contributed by atoms with van der Waals surface area (Å²) in [4.78, 5) is 10.9. The van der Waals surface area contributed by atoms with E-state index in [1.54, 1.807) is 0 Å². The average Bonchev–Trinajstić information content (AvgIpc) is 1.96. The molecule has 78 valence electrons. The summed E-state index contributed by atoms with van der Waals surface area (Å²) in [5, 5.41) is 0.463.